The van der Waals surface area contributed by atoms with Crippen LogP contribution in [0.15, 0.2) is 12.1 Å². The molecule has 0 bridgehead atoms. The van der Waals surface area contributed by atoms with Crippen LogP contribution in [0.1, 0.15) is 22.7 Å². The minimum atomic E-state index is -0.00457. The highest BCUT2D eigenvalue weighted by atomic mass is 35.5. The average Bonchev–Trinajstić information content (AvgIpc) is 3.14. The fraction of sp³-hybridized carbons (Fsp3) is 0.400. The van der Waals surface area contributed by atoms with Gasteiger partial charge < -0.3 is 24.1 Å². The zero-order chi connectivity index (χ0) is 18.7. The molecule has 2 aliphatic heterocycles. The summed E-state index contributed by atoms with van der Waals surface area (Å²) in [5, 5.41) is 10.5. The van der Waals surface area contributed by atoms with Crippen LogP contribution < -0.4 is 18.9 Å². The van der Waals surface area contributed by atoms with Crippen LogP contribution in [0, 0.1) is 0 Å². The first-order chi connectivity index (χ1) is 13.2. The summed E-state index contributed by atoms with van der Waals surface area (Å²) in [7, 11) is 3.23. The van der Waals surface area contributed by atoms with Crippen molar-refractivity contribution < 1.29 is 24.1 Å². The molecule has 142 valence electrons. The van der Waals surface area contributed by atoms with Gasteiger partial charge in [0.2, 0.25) is 6.79 Å². The van der Waals surface area contributed by atoms with Crippen LogP contribution in [0.4, 0.5) is 0 Å². The van der Waals surface area contributed by atoms with Gasteiger partial charge in [0.05, 0.1) is 26.0 Å². The lowest BCUT2D eigenvalue weighted by molar-refractivity contribution is 0.0601. The van der Waals surface area contributed by atoms with E-state index in [2.05, 4.69) is 4.90 Å². The van der Waals surface area contributed by atoms with Gasteiger partial charge in [-0.05, 0) is 47.2 Å². The summed E-state index contributed by atoms with van der Waals surface area (Å²) in [4.78, 5) is 2.07. The number of aliphatic hydroxyl groups excluding tert-OH is 1. The Morgan fingerprint density at radius 1 is 1.19 bits per heavy atom. The first kappa shape index (κ1) is 17.0. The van der Waals surface area contributed by atoms with E-state index in [-0.39, 0.29) is 19.6 Å². The number of hydrogen-bond donors (Lipinski definition) is 1. The molecule has 0 fully saturated rings. The Hall–Kier alpha value is -2.15. The molecule has 5 rings (SSSR count). The van der Waals surface area contributed by atoms with E-state index < -0.39 is 0 Å². The van der Waals surface area contributed by atoms with Crippen molar-refractivity contribution in [3.8, 4) is 34.1 Å². The number of hydrogen-bond acceptors (Lipinski definition) is 6. The Kier molecular flexibility index (Phi) is 3.89. The molecule has 0 saturated carbocycles. The predicted octanol–water partition coefficient (Wildman–Crippen LogP) is 3.16. The first-order valence-corrected chi connectivity index (χ1v) is 9.29. The van der Waals surface area contributed by atoms with Gasteiger partial charge >= 0.3 is 0 Å². The van der Waals surface area contributed by atoms with Gasteiger partial charge in [-0.3, -0.25) is 4.90 Å². The number of fused-ring (bicyclic) bond motifs is 3. The van der Waals surface area contributed by atoms with Gasteiger partial charge in [0.15, 0.2) is 23.0 Å². The van der Waals surface area contributed by atoms with Gasteiger partial charge in [-0.1, -0.05) is 11.6 Å². The van der Waals surface area contributed by atoms with Crippen LogP contribution in [0.3, 0.4) is 0 Å². The van der Waals surface area contributed by atoms with Crippen LogP contribution in [0.5, 0.6) is 23.0 Å². The molecular formula is C20H20ClNO5. The lowest BCUT2D eigenvalue weighted by Gasteiger charge is -2.41. The molecule has 27 heavy (non-hydrogen) atoms. The molecule has 2 heterocycles. The van der Waals surface area contributed by atoms with Crippen molar-refractivity contribution >= 4 is 11.6 Å². The highest BCUT2D eigenvalue weighted by molar-refractivity contribution is 6.33. The third-order valence-electron chi connectivity index (χ3n) is 5.79. The molecule has 0 saturated heterocycles. The van der Waals surface area contributed by atoms with Gasteiger partial charge in [0.25, 0.3) is 0 Å². The molecule has 6 nitrogen and oxygen atoms in total. The molecule has 1 aliphatic carbocycles. The molecule has 3 aliphatic rings. The predicted molar refractivity (Wildman–Crippen MR) is 100 cm³/mol. The number of ether oxygens (including phenoxy) is 4. The van der Waals surface area contributed by atoms with Crippen LogP contribution in [-0.4, -0.2) is 44.3 Å². The van der Waals surface area contributed by atoms with Crippen molar-refractivity contribution in [3.63, 3.8) is 0 Å². The maximum Gasteiger partial charge on any atom is 0.231 e. The largest absolute Gasteiger partial charge is 0.492 e. The summed E-state index contributed by atoms with van der Waals surface area (Å²) >= 11 is 6.71. The normalized spacial score (nSPS) is 19.5. The second-order valence-corrected chi connectivity index (χ2v) is 7.31. The summed E-state index contributed by atoms with van der Waals surface area (Å²) < 4.78 is 22.6. The van der Waals surface area contributed by atoms with Crippen molar-refractivity contribution in [2.24, 2.45) is 0 Å². The number of rotatable bonds is 3. The van der Waals surface area contributed by atoms with Crippen molar-refractivity contribution in [1.29, 1.82) is 0 Å². The highest BCUT2D eigenvalue weighted by Crippen LogP contribution is 2.57. The molecule has 0 radical (unpaired) electrons. The van der Waals surface area contributed by atoms with Crippen LogP contribution in [0.25, 0.3) is 11.1 Å². The van der Waals surface area contributed by atoms with E-state index in [0.717, 1.165) is 58.7 Å². The molecule has 7 heteroatoms. The SMILES string of the molecule is COc1c(Cl)c2c3c(c1OC)-c1cc4c(cc1CC3N(CO)CC2)OCO4. The Balaban J connectivity index is 1.86. The van der Waals surface area contributed by atoms with Gasteiger partial charge in [-0.25, -0.2) is 0 Å². The fourth-order valence-corrected chi connectivity index (χ4v) is 4.95. The van der Waals surface area contributed by atoms with E-state index in [9.17, 15) is 5.11 Å². The van der Waals surface area contributed by atoms with E-state index in [4.69, 9.17) is 30.5 Å². The molecule has 1 atom stereocenters. The lowest BCUT2D eigenvalue weighted by atomic mass is 9.76. The standard InChI is InChI=1S/C20H20ClNO5/c1-24-19-17-12-7-15-14(26-9-27-15)6-10(12)5-13-16(17)11(3-4-22(13)8-23)18(21)20(19)25-2/h6-7,13,23H,3-5,8-9H2,1-2H3. The van der Waals surface area contributed by atoms with Crippen LogP contribution >= 0.6 is 11.6 Å². The van der Waals surface area contributed by atoms with Gasteiger partial charge in [0, 0.05) is 18.2 Å². The number of halogens is 1. The number of aliphatic hydroxyl groups is 1. The Bertz CT molecular complexity index is 945. The van der Waals surface area contributed by atoms with Crippen LogP contribution in [0.2, 0.25) is 5.02 Å². The summed E-state index contributed by atoms with van der Waals surface area (Å²) in [5.41, 5.74) is 5.33. The molecule has 0 aromatic heterocycles. The molecule has 1 N–H and O–H groups in total. The van der Waals surface area contributed by atoms with Crippen LogP contribution in [-0.2, 0) is 12.8 Å². The Morgan fingerprint density at radius 3 is 2.63 bits per heavy atom. The zero-order valence-corrected chi connectivity index (χ0v) is 15.9. The summed E-state index contributed by atoms with van der Waals surface area (Å²) in [6, 6.07) is 4.07. The first-order valence-electron chi connectivity index (χ1n) is 8.91. The van der Waals surface area contributed by atoms with Gasteiger partial charge in [-0.2, -0.15) is 0 Å². The number of benzene rings is 2. The summed E-state index contributed by atoms with van der Waals surface area (Å²) in [6.45, 7) is 0.960. The molecule has 2 aromatic rings. The van der Waals surface area contributed by atoms with Crippen molar-refractivity contribution in [2.75, 3.05) is 34.3 Å². The summed E-state index contributed by atoms with van der Waals surface area (Å²) in [5.74, 6) is 2.65. The Labute approximate surface area is 162 Å². The molecule has 0 amide bonds. The third-order valence-corrected chi connectivity index (χ3v) is 6.19. The maximum atomic E-state index is 9.92. The molecule has 1 unspecified atom stereocenters. The number of methoxy groups -OCH3 is 2. The third kappa shape index (κ3) is 2.27. The second kappa shape index (κ2) is 6.19. The average molecular weight is 390 g/mol. The minimum absolute atomic E-state index is 0.00457. The molecular weight excluding hydrogens is 370 g/mol. The van der Waals surface area contributed by atoms with Crippen molar-refractivity contribution in [2.45, 2.75) is 18.9 Å². The molecule has 0 spiro atoms. The minimum Gasteiger partial charge on any atom is -0.492 e. The second-order valence-electron chi connectivity index (χ2n) is 6.93. The highest BCUT2D eigenvalue weighted by Gasteiger charge is 2.40. The van der Waals surface area contributed by atoms with E-state index in [1.165, 1.54) is 0 Å². The topological polar surface area (TPSA) is 60.4 Å². The maximum absolute atomic E-state index is 9.92. The van der Waals surface area contributed by atoms with E-state index in [1.807, 2.05) is 12.1 Å². The van der Waals surface area contributed by atoms with E-state index >= 15 is 0 Å². The van der Waals surface area contributed by atoms with E-state index in [0.29, 0.717) is 16.5 Å². The summed E-state index contributed by atoms with van der Waals surface area (Å²) in [6.07, 6.45) is 1.51. The van der Waals surface area contributed by atoms with Crippen molar-refractivity contribution in [1.82, 2.24) is 4.90 Å². The zero-order valence-electron chi connectivity index (χ0n) is 15.2. The number of nitrogens with zero attached hydrogens (tertiary/aromatic N) is 1. The van der Waals surface area contributed by atoms with Gasteiger partial charge in [0.1, 0.15) is 0 Å². The van der Waals surface area contributed by atoms with Crippen molar-refractivity contribution in [3.05, 3.63) is 33.8 Å². The van der Waals surface area contributed by atoms with Gasteiger partial charge in [-0.15, -0.1) is 0 Å². The fourth-order valence-electron chi connectivity index (χ4n) is 4.59. The Morgan fingerprint density at radius 2 is 1.93 bits per heavy atom. The quantitative estimate of drug-likeness (QED) is 0.870. The molecule has 2 aromatic carbocycles. The monoisotopic (exact) mass is 389 g/mol. The smallest absolute Gasteiger partial charge is 0.231 e. The van der Waals surface area contributed by atoms with E-state index in [1.54, 1.807) is 14.2 Å². The lowest BCUT2D eigenvalue weighted by Crippen LogP contribution is -2.39.